The van der Waals surface area contributed by atoms with E-state index >= 15 is 0 Å². The lowest BCUT2D eigenvalue weighted by molar-refractivity contribution is 0.195. The third-order valence-corrected chi connectivity index (χ3v) is 4.06. The molecule has 0 amide bonds. The van der Waals surface area contributed by atoms with Gasteiger partial charge < -0.3 is 20.0 Å². The van der Waals surface area contributed by atoms with Gasteiger partial charge in [0.2, 0.25) is 0 Å². The van der Waals surface area contributed by atoms with Gasteiger partial charge in [-0.3, -0.25) is 4.90 Å². The number of phenolic OH excluding ortho intramolecular Hbond substituents is 1. The summed E-state index contributed by atoms with van der Waals surface area (Å²) in [5, 5.41) is 19.5. The molecule has 0 spiro atoms. The van der Waals surface area contributed by atoms with Crippen LogP contribution in [0, 0.1) is 0 Å². The molecule has 2 N–H and O–H groups in total. The summed E-state index contributed by atoms with van der Waals surface area (Å²) in [7, 11) is 4.20. The van der Waals surface area contributed by atoms with Gasteiger partial charge in [-0.15, -0.1) is 0 Å². The first-order valence-corrected chi connectivity index (χ1v) is 7.60. The molecule has 1 fully saturated rings. The molecule has 5 nitrogen and oxygen atoms in total. The van der Waals surface area contributed by atoms with Crippen LogP contribution in [0.25, 0.3) is 0 Å². The van der Waals surface area contributed by atoms with Crippen LogP contribution in [0.2, 0.25) is 0 Å². The number of aromatic hydroxyl groups is 1. The third kappa shape index (κ3) is 4.33. The van der Waals surface area contributed by atoms with E-state index in [-0.39, 0.29) is 5.75 Å². The van der Waals surface area contributed by atoms with Gasteiger partial charge in [-0.1, -0.05) is 6.07 Å². The normalized spacial score (nSPS) is 18.2. The lowest BCUT2D eigenvalue weighted by Gasteiger charge is -2.36. The molecular formula is C16H27N3O2. The topological polar surface area (TPSA) is 50.2 Å². The summed E-state index contributed by atoms with van der Waals surface area (Å²) in [6.07, 6.45) is -0.637. The van der Waals surface area contributed by atoms with Crippen molar-refractivity contribution in [2.24, 2.45) is 0 Å². The molecule has 1 saturated heterocycles. The zero-order chi connectivity index (χ0) is 15.4. The first-order chi connectivity index (χ1) is 9.97. The number of nitrogens with zero attached hydrogens (tertiary/aromatic N) is 3. The van der Waals surface area contributed by atoms with E-state index in [2.05, 4.69) is 28.8 Å². The molecule has 1 heterocycles. The van der Waals surface area contributed by atoms with Gasteiger partial charge in [0.1, 0.15) is 5.75 Å². The van der Waals surface area contributed by atoms with E-state index in [0.717, 1.165) is 45.0 Å². The average Bonchev–Trinajstić information content (AvgIpc) is 2.45. The van der Waals surface area contributed by atoms with Crippen molar-refractivity contribution >= 4 is 5.69 Å². The van der Waals surface area contributed by atoms with Crippen molar-refractivity contribution in [2.75, 3.05) is 58.3 Å². The van der Waals surface area contributed by atoms with Gasteiger partial charge in [0.05, 0.1) is 6.10 Å². The second-order valence-corrected chi connectivity index (χ2v) is 6.05. The predicted molar refractivity (Wildman–Crippen MR) is 85.9 cm³/mol. The number of likely N-dealkylation sites (N-methyl/N-ethyl adjacent to an activating group) is 1. The van der Waals surface area contributed by atoms with Crippen molar-refractivity contribution in [3.8, 4) is 5.75 Å². The van der Waals surface area contributed by atoms with Crippen LogP contribution in [0.4, 0.5) is 5.69 Å². The Labute approximate surface area is 127 Å². The first-order valence-electron chi connectivity index (χ1n) is 7.60. The molecule has 21 heavy (non-hydrogen) atoms. The van der Waals surface area contributed by atoms with Gasteiger partial charge in [0.25, 0.3) is 0 Å². The van der Waals surface area contributed by atoms with Crippen molar-refractivity contribution < 1.29 is 10.2 Å². The quantitative estimate of drug-likeness (QED) is 0.852. The van der Waals surface area contributed by atoms with Crippen LogP contribution >= 0.6 is 0 Å². The van der Waals surface area contributed by atoms with Crippen molar-refractivity contribution in [1.29, 1.82) is 0 Å². The summed E-state index contributed by atoms with van der Waals surface area (Å²) in [5.41, 5.74) is 1.62. The summed E-state index contributed by atoms with van der Waals surface area (Å²) >= 11 is 0. The molecule has 1 aliphatic rings. The lowest BCUT2D eigenvalue weighted by Crippen LogP contribution is -2.48. The molecule has 1 aromatic rings. The van der Waals surface area contributed by atoms with Crippen molar-refractivity contribution in [3.05, 3.63) is 23.8 Å². The van der Waals surface area contributed by atoms with Gasteiger partial charge in [0.15, 0.2) is 0 Å². The van der Waals surface area contributed by atoms with Crippen LogP contribution in [0.5, 0.6) is 5.75 Å². The molecule has 118 valence electrons. The Kier molecular flexibility index (Phi) is 5.45. The highest BCUT2D eigenvalue weighted by atomic mass is 16.3. The van der Waals surface area contributed by atoms with Crippen LogP contribution in [0.3, 0.4) is 0 Å². The smallest absolute Gasteiger partial charge is 0.123 e. The van der Waals surface area contributed by atoms with E-state index < -0.39 is 6.10 Å². The Morgan fingerprint density at radius 3 is 2.38 bits per heavy atom. The number of benzene rings is 1. The van der Waals surface area contributed by atoms with Gasteiger partial charge in [-0.2, -0.15) is 0 Å². The summed E-state index contributed by atoms with van der Waals surface area (Å²) in [6, 6.07) is 5.56. The fraction of sp³-hybridized carbons (Fsp3) is 0.625. The maximum Gasteiger partial charge on any atom is 0.123 e. The number of hydrogen-bond acceptors (Lipinski definition) is 5. The Morgan fingerprint density at radius 1 is 1.19 bits per heavy atom. The molecule has 0 aliphatic carbocycles. The van der Waals surface area contributed by atoms with E-state index in [1.165, 1.54) is 0 Å². The number of phenols is 1. The largest absolute Gasteiger partial charge is 0.507 e. The molecule has 5 heteroatoms. The van der Waals surface area contributed by atoms with E-state index in [4.69, 9.17) is 0 Å². The SMILES string of the molecule is CC(O)c1ccc(N2CCN(CCN(C)C)CC2)cc1O. The summed E-state index contributed by atoms with van der Waals surface area (Å²) < 4.78 is 0. The number of piperazine rings is 1. The lowest BCUT2D eigenvalue weighted by atomic mass is 10.1. The fourth-order valence-corrected chi connectivity index (χ4v) is 2.65. The highest BCUT2D eigenvalue weighted by molar-refractivity contribution is 5.54. The van der Waals surface area contributed by atoms with Crippen molar-refractivity contribution in [2.45, 2.75) is 13.0 Å². The first kappa shape index (κ1) is 16.1. The standard InChI is InChI=1S/C16H27N3O2/c1-13(20)15-5-4-14(12-16(15)21)19-10-8-18(9-11-19)7-6-17(2)3/h4-5,12-13,20-21H,6-11H2,1-3H3. The Hall–Kier alpha value is -1.30. The second kappa shape index (κ2) is 7.11. The van der Waals surface area contributed by atoms with Crippen molar-refractivity contribution in [3.63, 3.8) is 0 Å². The van der Waals surface area contributed by atoms with Gasteiger partial charge >= 0.3 is 0 Å². The molecule has 1 unspecified atom stereocenters. The summed E-state index contributed by atoms with van der Waals surface area (Å²) in [4.78, 5) is 6.97. The maximum absolute atomic E-state index is 9.99. The van der Waals surface area contributed by atoms with E-state index in [0.29, 0.717) is 5.56 Å². The summed E-state index contributed by atoms with van der Waals surface area (Å²) in [5.74, 6) is 0.178. The Balaban J connectivity index is 1.91. The van der Waals surface area contributed by atoms with Gasteiger partial charge in [0, 0.05) is 56.6 Å². The Morgan fingerprint density at radius 2 is 1.86 bits per heavy atom. The van der Waals surface area contributed by atoms with Crippen LogP contribution in [0.15, 0.2) is 18.2 Å². The van der Waals surface area contributed by atoms with Crippen LogP contribution in [-0.2, 0) is 0 Å². The highest BCUT2D eigenvalue weighted by Gasteiger charge is 2.18. The van der Waals surface area contributed by atoms with Crippen LogP contribution < -0.4 is 4.90 Å². The maximum atomic E-state index is 9.99. The fourth-order valence-electron chi connectivity index (χ4n) is 2.65. The minimum Gasteiger partial charge on any atom is -0.507 e. The zero-order valence-electron chi connectivity index (χ0n) is 13.3. The van der Waals surface area contributed by atoms with Crippen LogP contribution in [-0.4, -0.2) is 73.4 Å². The number of rotatable bonds is 5. The number of anilines is 1. The molecule has 2 rings (SSSR count). The molecule has 0 radical (unpaired) electrons. The van der Waals surface area contributed by atoms with Crippen LogP contribution in [0.1, 0.15) is 18.6 Å². The predicted octanol–water partition coefficient (Wildman–Crippen LogP) is 1.13. The van der Waals surface area contributed by atoms with Crippen molar-refractivity contribution in [1.82, 2.24) is 9.80 Å². The summed E-state index contributed by atoms with van der Waals surface area (Å²) in [6.45, 7) is 7.90. The van der Waals surface area contributed by atoms with E-state index in [1.54, 1.807) is 13.0 Å². The molecule has 1 atom stereocenters. The number of hydrogen-bond donors (Lipinski definition) is 2. The minimum absolute atomic E-state index is 0.178. The van der Waals surface area contributed by atoms with Gasteiger partial charge in [-0.25, -0.2) is 0 Å². The highest BCUT2D eigenvalue weighted by Crippen LogP contribution is 2.29. The molecule has 1 aromatic carbocycles. The molecule has 1 aliphatic heterocycles. The average molecular weight is 293 g/mol. The zero-order valence-corrected chi connectivity index (χ0v) is 13.3. The molecular weight excluding hydrogens is 266 g/mol. The number of aliphatic hydroxyl groups is 1. The van der Waals surface area contributed by atoms with E-state index in [9.17, 15) is 10.2 Å². The number of aliphatic hydroxyl groups excluding tert-OH is 1. The molecule has 0 aromatic heterocycles. The van der Waals surface area contributed by atoms with E-state index in [1.807, 2.05) is 12.1 Å². The third-order valence-electron chi connectivity index (χ3n) is 4.06. The minimum atomic E-state index is -0.637. The van der Waals surface area contributed by atoms with Gasteiger partial charge in [-0.05, 0) is 27.1 Å². The molecule has 0 saturated carbocycles. The monoisotopic (exact) mass is 293 g/mol. The second-order valence-electron chi connectivity index (χ2n) is 6.05. The molecule has 0 bridgehead atoms. The Bertz CT molecular complexity index is 455.